The highest BCUT2D eigenvalue weighted by Gasteiger charge is 2.25. The average molecular weight is 289 g/mol. The second kappa shape index (κ2) is 5.89. The summed E-state index contributed by atoms with van der Waals surface area (Å²) in [4.78, 5) is 14.0. The minimum Gasteiger partial charge on any atom is -0.373 e. The molecule has 2 N–H and O–H groups in total. The Kier molecular flexibility index (Phi) is 4.45. The molecule has 2 rings (SSSR count). The van der Waals surface area contributed by atoms with Crippen LogP contribution < -0.4 is 5.73 Å². The Morgan fingerprint density at radius 2 is 2.28 bits per heavy atom. The van der Waals surface area contributed by atoms with Crippen molar-refractivity contribution in [2.45, 2.75) is 6.10 Å². The van der Waals surface area contributed by atoms with Crippen LogP contribution in [0.5, 0.6) is 0 Å². The fourth-order valence-electron chi connectivity index (χ4n) is 1.88. The largest absolute Gasteiger partial charge is 0.373 e. The maximum atomic E-state index is 12.3. The van der Waals surface area contributed by atoms with Crippen LogP contribution in [0.15, 0.2) is 18.2 Å². The van der Waals surface area contributed by atoms with Crippen molar-refractivity contribution in [1.29, 1.82) is 0 Å². The molecule has 1 heterocycles. The Morgan fingerprint density at radius 3 is 2.94 bits per heavy atom. The Labute approximate surface area is 116 Å². The minimum absolute atomic E-state index is 0.103. The number of hydrogen-bond donors (Lipinski definition) is 1. The molecule has 0 saturated carbocycles. The summed E-state index contributed by atoms with van der Waals surface area (Å²) >= 11 is 11.8. The van der Waals surface area contributed by atoms with Gasteiger partial charge in [0.2, 0.25) is 0 Å². The molecule has 0 spiro atoms. The standard InChI is InChI=1S/C12H14Cl2N2O2/c13-8-1-2-10(11(14)5-8)12(17)16-3-4-18-9(6-15)7-16/h1-2,5,9H,3-4,6-7,15H2. The number of ether oxygens (including phenoxy) is 1. The fraction of sp³-hybridized carbons (Fsp3) is 0.417. The molecule has 0 aliphatic carbocycles. The third-order valence-corrected chi connectivity index (χ3v) is 3.40. The first-order valence-electron chi connectivity index (χ1n) is 5.68. The molecule has 1 fully saturated rings. The van der Waals surface area contributed by atoms with Gasteiger partial charge in [-0.05, 0) is 18.2 Å². The number of nitrogens with zero attached hydrogens (tertiary/aromatic N) is 1. The lowest BCUT2D eigenvalue weighted by Crippen LogP contribution is -2.48. The van der Waals surface area contributed by atoms with Gasteiger partial charge in [-0.3, -0.25) is 4.79 Å². The van der Waals surface area contributed by atoms with Crippen LogP contribution in [-0.2, 0) is 4.74 Å². The molecular weight excluding hydrogens is 275 g/mol. The lowest BCUT2D eigenvalue weighted by molar-refractivity contribution is -0.0167. The third kappa shape index (κ3) is 2.95. The Hall–Kier alpha value is -0.810. The summed E-state index contributed by atoms with van der Waals surface area (Å²) in [6, 6.07) is 4.86. The second-order valence-electron chi connectivity index (χ2n) is 4.10. The highest BCUT2D eigenvalue weighted by molar-refractivity contribution is 6.36. The first kappa shape index (κ1) is 13.6. The second-order valence-corrected chi connectivity index (χ2v) is 4.95. The Balaban J connectivity index is 2.15. The van der Waals surface area contributed by atoms with Crippen molar-refractivity contribution in [2.24, 2.45) is 5.73 Å². The number of rotatable bonds is 2. The van der Waals surface area contributed by atoms with Gasteiger partial charge in [-0.2, -0.15) is 0 Å². The van der Waals surface area contributed by atoms with Gasteiger partial charge in [0.25, 0.3) is 5.91 Å². The zero-order valence-corrected chi connectivity index (χ0v) is 11.2. The third-order valence-electron chi connectivity index (χ3n) is 2.85. The van der Waals surface area contributed by atoms with Crippen molar-refractivity contribution in [1.82, 2.24) is 4.90 Å². The first-order valence-corrected chi connectivity index (χ1v) is 6.43. The number of nitrogens with two attached hydrogens (primary N) is 1. The monoisotopic (exact) mass is 288 g/mol. The highest BCUT2D eigenvalue weighted by Crippen LogP contribution is 2.23. The molecule has 1 aliphatic rings. The topological polar surface area (TPSA) is 55.6 Å². The molecule has 4 nitrogen and oxygen atoms in total. The number of halogens is 2. The van der Waals surface area contributed by atoms with Gasteiger partial charge in [0.15, 0.2) is 0 Å². The van der Waals surface area contributed by atoms with E-state index in [9.17, 15) is 4.79 Å². The molecule has 98 valence electrons. The van der Waals surface area contributed by atoms with Crippen LogP contribution >= 0.6 is 23.2 Å². The number of morpholine rings is 1. The lowest BCUT2D eigenvalue weighted by atomic mass is 10.1. The molecular formula is C12H14Cl2N2O2. The van der Waals surface area contributed by atoms with E-state index < -0.39 is 0 Å². The molecule has 6 heteroatoms. The van der Waals surface area contributed by atoms with Gasteiger partial charge in [0.1, 0.15) is 0 Å². The van der Waals surface area contributed by atoms with E-state index in [1.54, 1.807) is 23.1 Å². The lowest BCUT2D eigenvalue weighted by Gasteiger charge is -2.32. The van der Waals surface area contributed by atoms with Crippen LogP contribution in [0.4, 0.5) is 0 Å². The molecule has 1 aliphatic heterocycles. The molecule has 1 atom stereocenters. The van der Waals surface area contributed by atoms with E-state index in [0.29, 0.717) is 41.8 Å². The first-order chi connectivity index (χ1) is 8.61. The van der Waals surface area contributed by atoms with E-state index in [1.807, 2.05) is 0 Å². The quantitative estimate of drug-likeness (QED) is 0.903. The van der Waals surface area contributed by atoms with Crippen LogP contribution in [-0.4, -0.2) is 43.2 Å². The smallest absolute Gasteiger partial charge is 0.255 e. The summed E-state index contributed by atoms with van der Waals surface area (Å²) in [7, 11) is 0. The summed E-state index contributed by atoms with van der Waals surface area (Å²) in [5.74, 6) is -0.113. The SMILES string of the molecule is NCC1CN(C(=O)c2ccc(Cl)cc2Cl)CCO1. The van der Waals surface area contributed by atoms with Gasteiger partial charge in [-0.1, -0.05) is 23.2 Å². The normalized spacial score (nSPS) is 19.9. The van der Waals surface area contributed by atoms with Crippen LogP contribution in [0.2, 0.25) is 10.0 Å². The number of carbonyl (C=O) groups excluding carboxylic acids is 1. The van der Waals surface area contributed by atoms with Crippen LogP contribution in [0, 0.1) is 0 Å². The van der Waals surface area contributed by atoms with Crippen LogP contribution in [0.1, 0.15) is 10.4 Å². The molecule has 1 aromatic carbocycles. The van der Waals surface area contributed by atoms with Crippen molar-refractivity contribution >= 4 is 29.1 Å². The number of amides is 1. The van der Waals surface area contributed by atoms with Crippen LogP contribution in [0.3, 0.4) is 0 Å². The van der Waals surface area contributed by atoms with E-state index in [4.69, 9.17) is 33.7 Å². The van der Waals surface area contributed by atoms with Gasteiger partial charge in [-0.15, -0.1) is 0 Å². The molecule has 0 aromatic heterocycles. The summed E-state index contributed by atoms with van der Waals surface area (Å²) in [5, 5.41) is 0.877. The zero-order valence-electron chi connectivity index (χ0n) is 9.73. The van der Waals surface area contributed by atoms with Gasteiger partial charge < -0.3 is 15.4 Å². The van der Waals surface area contributed by atoms with Gasteiger partial charge in [0, 0.05) is 24.7 Å². The van der Waals surface area contributed by atoms with Crippen molar-refractivity contribution in [3.8, 4) is 0 Å². The maximum Gasteiger partial charge on any atom is 0.255 e. The number of carbonyl (C=O) groups is 1. The highest BCUT2D eigenvalue weighted by atomic mass is 35.5. The molecule has 0 bridgehead atoms. The van der Waals surface area contributed by atoms with Crippen molar-refractivity contribution in [2.75, 3.05) is 26.2 Å². The summed E-state index contributed by atoms with van der Waals surface area (Å²) in [6.07, 6.45) is -0.103. The predicted octanol–water partition coefficient (Wildman–Crippen LogP) is 1.79. The van der Waals surface area contributed by atoms with Gasteiger partial charge in [-0.25, -0.2) is 0 Å². The summed E-state index contributed by atoms with van der Waals surface area (Å²) in [6.45, 7) is 1.94. The van der Waals surface area contributed by atoms with Crippen LogP contribution in [0.25, 0.3) is 0 Å². The van der Waals surface area contributed by atoms with Gasteiger partial charge >= 0.3 is 0 Å². The molecule has 1 aromatic rings. The van der Waals surface area contributed by atoms with Crippen molar-refractivity contribution in [3.63, 3.8) is 0 Å². The number of benzene rings is 1. The molecule has 18 heavy (non-hydrogen) atoms. The fourth-order valence-corrected chi connectivity index (χ4v) is 2.37. The average Bonchev–Trinajstić information content (AvgIpc) is 2.38. The molecule has 1 amide bonds. The molecule has 0 radical (unpaired) electrons. The Morgan fingerprint density at radius 1 is 1.50 bits per heavy atom. The van der Waals surface area contributed by atoms with E-state index in [1.165, 1.54) is 0 Å². The van der Waals surface area contributed by atoms with E-state index in [-0.39, 0.29) is 12.0 Å². The van der Waals surface area contributed by atoms with E-state index in [2.05, 4.69) is 0 Å². The predicted molar refractivity (Wildman–Crippen MR) is 71.2 cm³/mol. The summed E-state index contributed by atoms with van der Waals surface area (Å²) in [5.41, 5.74) is 6.00. The molecule has 1 saturated heterocycles. The number of hydrogen-bond acceptors (Lipinski definition) is 3. The van der Waals surface area contributed by atoms with E-state index >= 15 is 0 Å². The van der Waals surface area contributed by atoms with E-state index in [0.717, 1.165) is 0 Å². The minimum atomic E-state index is -0.113. The maximum absolute atomic E-state index is 12.3. The zero-order chi connectivity index (χ0) is 13.1. The Bertz CT molecular complexity index is 454. The van der Waals surface area contributed by atoms with Crippen molar-refractivity contribution in [3.05, 3.63) is 33.8 Å². The summed E-state index contributed by atoms with van der Waals surface area (Å²) < 4.78 is 5.42. The molecule has 1 unspecified atom stereocenters. The van der Waals surface area contributed by atoms with Gasteiger partial charge in [0.05, 0.1) is 23.3 Å². The van der Waals surface area contributed by atoms with Crippen molar-refractivity contribution < 1.29 is 9.53 Å².